The van der Waals surface area contributed by atoms with E-state index in [1.807, 2.05) is 26.0 Å². The largest absolute Gasteiger partial charge is 0.490 e. The number of ether oxygens (including phenoxy) is 1. The van der Waals surface area contributed by atoms with Crippen LogP contribution in [0.5, 0.6) is 5.75 Å². The number of carbonyl (C=O) groups is 2. The maximum atomic E-state index is 12.7. The summed E-state index contributed by atoms with van der Waals surface area (Å²) < 4.78 is 5.86. The molecule has 0 aromatic heterocycles. The molecule has 114 valence electrons. The van der Waals surface area contributed by atoms with Crippen molar-refractivity contribution in [2.75, 3.05) is 4.90 Å². The van der Waals surface area contributed by atoms with E-state index >= 15 is 0 Å². The number of hydrogen-bond donors (Lipinski definition) is 0. The molecule has 22 heavy (non-hydrogen) atoms. The van der Waals surface area contributed by atoms with Crippen LogP contribution >= 0.6 is 0 Å². The van der Waals surface area contributed by atoms with Crippen molar-refractivity contribution in [2.24, 2.45) is 0 Å². The molecule has 4 nitrogen and oxygen atoms in total. The molecule has 2 heterocycles. The van der Waals surface area contributed by atoms with Gasteiger partial charge in [-0.2, -0.15) is 0 Å². The fraction of sp³-hybridized carbons (Fsp3) is 0.444. The van der Waals surface area contributed by atoms with Gasteiger partial charge in [0.1, 0.15) is 11.9 Å². The molecule has 0 N–H and O–H groups in total. The van der Waals surface area contributed by atoms with E-state index in [0.29, 0.717) is 5.69 Å². The SMILES string of the molecule is Cc1ccc(N2C(=O)C3=C(CCCC3)C2=O)c2c1OC(C)C2. The molecule has 3 aliphatic rings. The molecule has 0 saturated carbocycles. The first-order valence-corrected chi connectivity index (χ1v) is 7.98. The molecule has 4 rings (SSSR count). The Labute approximate surface area is 129 Å². The number of amides is 2. The van der Waals surface area contributed by atoms with Crippen LogP contribution in [0.1, 0.15) is 43.7 Å². The minimum absolute atomic E-state index is 0.0882. The van der Waals surface area contributed by atoms with Crippen LogP contribution in [0.15, 0.2) is 23.3 Å². The Morgan fingerprint density at radius 3 is 2.36 bits per heavy atom. The van der Waals surface area contributed by atoms with Gasteiger partial charge in [-0.15, -0.1) is 0 Å². The molecule has 2 amide bonds. The standard InChI is InChI=1S/C18H19NO3/c1-10-7-8-15(14-9-11(2)22-16(10)14)19-17(20)12-5-3-4-6-13(12)18(19)21/h7-8,11H,3-6,9H2,1-2H3. The van der Waals surface area contributed by atoms with E-state index < -0.39 is 0 Å². The van der Waals surface area contributed by atoms with Crippen molar-refractivity contribution in [3.63, 3.8) is 0 Å². The zero-order valence-corrected chi connectivity index (χ0v) is 12.9. The second-order valence-corrected chi connectivity index (χ2v) is 6.45. The molecular formula is C18H19NO3. The van der Waals surface area contributed by atoms with Crippen molar-refractivity contribution in [2.45, 2.75) is 52.1 Å². The minimum Gasteiger partial charge on any atom is -0.490 e. The summed E-state index contributed by atoms with van der Waals surface area (Å²) in [6.45, 7) is 4.01. The third-order valence-electron chi connectivity index (χ3n) is 4.87. The smallest absolute Gasteiger partial charge is 0.261 e. The quantitative estimate of drug-likeness (QED) is 0.748. The van der Waals surface area contributed by atoms with Crippen LogP contribution in [0.3, 0.4) is 0 Å². The Hall–Kier alpha value is -2.10. The van der Waals surface area contributed by atoms with Crippen molar-refractivity contribution in [3.05, 3.63) is 34.4 Å². The fourth-order valence-electron chi connectivity index (χ4n) is 3.79. The molecule has 1 atom stereocenters. The fourth-order valence-corrected chi connectivity index (χ4v) is 3.79. The maximum absolute atomic E-state index is 12.7. The number of benzene rings is 1. The molecule has 1 unspecified atom stereocenters. The Balaban J connectivity index is 1.80. The molecule has 4 heteroatoms. The van der Waals surface area contributed by atoms with Gasteiger partial charge in [-0.25, -0.2) is 4.90 Å². The number of anilines is 1. The monoisotopic (exact) mass is 297 g/mol. The second-order valence-electron chi connectivity index (χ2n) is 6.45. The highest BCUT2D eigenvalue weighted by Crippen LogP contribution is 2.43. The van der Waals surface area contributed by atoms with Crippen LogP contribution in [0.2, 0.25) is 0 Å². The van der Waals surface area contributed by atoms with Crippen molar-refractivity contribution in [1.82, 2.24) is 0 Å². The number of aryl methyl sites for hydroxylation is 1. The average molecular weight is 297 g/mol. The van der Waals surface area contributed by atoms with Crippen LogP contribution in [0.25, 0.3) is 0 Å². The maximum Gasteiger partial charge on any atom is 0.261 e. The Morgan fingerprint density at radius 1 is 1.09 bits per heavy atom. The Bertz CT molecular complexity index is 704. The molecule has 1 aromatic rings. The summed E-state index contributed by atoms with van der Waals surface area (Å²) in [5.74, 6) is 0.603. The number of fused-ring (bicyclic) bond motifs is 1. The number of carbonyl (C=O) groups excluding carboxylic acids is 2. The van der Waals surface area contributed by atoms with Crippen LogP contribution in [0, 0.1) is 6.92 Å². The summed E-state index contributed by atoms with van der Waals surface area (Å²) in [7, 11) is 0. The summed E-state index contributed by atoms with van der Waals surface area (Å²) in [4.78, 5) is 26.8. The lowest BCUT2D eigenvalue weighted by atomic mass is 9.93. The van der Waals surface area contributed by atoms with E-state index in [1.54, 1.807) is 0 Å². The molecular weight excluding hydrogens is 278 g/mol. The topological polar surface area (TPSA) is 46.6 Å². The average Bonchev–Trinajstić information content (AvgIpc) is 3.02. The highest BCUT2D eigenvalue weighted by Gasteiger charge is 2.41. The molecule has 0 fully saturated rings. The van der Waals surface area contributed by atoms with Crippen molar-refractivity contribution >= 4 is 17.5 Å². The zero-order valence-electron chi connectivity index (χ0n) is 12.9. The van der Waals surface area contributed by atoms with Crippen molar-refractivity contribution in [3.8, 4) is 5.75 Å². The summed E-state index contributed by atoms with van der Waals surface area (Å²) in [6, 6.07) is 3.83. The molecule has 1 aliphatic carbocycles. The van der Waals surface area contributed by atoms with Gasteiger partial charge in [0.25, 0.3) is 11.8 Å². The number of nitrogens with zero attached hydrogens (tertiary/aromatic N) is 1. The first-order valence-electron chi connectivity index (χ1n) is 7.98. The van der Waals surface area contributed by atoms with Gasteiger partial charge < -0.3 is 4.74 Å². The third-order valence-corrected chi connectivity index (χ3v) is 4.87. The van der Waals surface area contributed by atoms with E-state index in [1.165, 1.54) is 4.90 Å². The lowest BCUT2D eigenvalue weighted by Gasteiger charge is -2.18. The molecule has 0 saturated heterocycles. The third kappa shape index (κ3) is 1.76. The normalized spacial score (nSPS) is 23.7. The van der Waals surface area contributed by atoms with Gasteiger partial charge in [-0.05, 0) is 51.2 Å². The van der Waals surface area contributed by atoms with E-state index in [2.05, 4.69) is 0 Å². The Kier molecular flexibility index (Phi) is 2.90. The molecule has 1 aromatic carbocycles. The minimum atomic E-state index is -0.120. The van der Waals surface area contributed by atoms with E-state index in [4.69, 9.17) is 4.74 Å². The summed E-state index contributed by atoms with van der Waals surface area (Å²) in [5.41, 5.74) is 4.23. The van der Waals surface area contributed by atoms with Gasteiger partial charge in [0, 0.05) is 23.1 Å². The predicted molar refractivity (Wildman–Crippen MR) is 83.0 cm³/mol. The second kappa shape index (κ2) is 4.70. The van der Waals surface area contributed by atoms with Crippen LogP contribution in [0.4, 0.5) is 5.69 Å². The van der Waals surface area contributed by atoms with Gasteiger partial charge in [0.15, 0.2) is 0 Å². The van der Waals surface area contributed by atoms with Gasteiger partial charge in [-0.1, -0.05) is 6.07 Å². The molecule has 0 radical (unpaired) electrons. The highest BCUT2D eigenvalue weighted by molar-refractivity contribution is 6.33. The van der Waals surface area contributed by atoms with E-state index in [-0.39, 0.29) is 17.9 Å². The number of hydrogen-bond acceptors (Lipinski definition) is 3. The first-order chi connectivity index (χ1) is 10.6. The highest BCUT2D eigenvalue weighted by atomic mass is 16.5. The lowest BCUT2D eigenvalue weighted by molar-refractivity contribution is -0.120. The van der Waals surface area contributed by atoms with E-state index in [0.717, 1.165) is 60.1 Å². The summed E-state index contributed by atoms with van der Waals surface area (Å²) >= 11 is 0. The van der Waals surface area contributed by atoms with Crippen molar-refractivity contribution < 1.29 is 14.3 Å². The van der Waals surface area contributed by atoms with Crippen LogP contribution < -0.4 is 9.64 Å². The van der Waals surface area contributed by atoms with Gasteiger partial charge in [0.05, 0.1) is 5.69 Å². The Morgan fingerprint density at radius 2 is 1.73 bits per heavy atom. The van der Waals surface area contributed by atoms with Crippen LogP contribution in [-0.4, -0.2) is 17.9 Å². The number of rotatable bonds is 1. The van der Waals surface area contributed by atoms with Crippen LogP contribution in [-0.2, 0) is 16.0 Å². The molecule has 0 bridgehead atoms. The first kappa shape index (κ1) is 13.6. The lowest BCUT2D eigenvalue weighted by Crippen LogP contribution is -2.32. The zero-order chi connectivity index (χ0) is 15.4. The van der Waals surface area contributed by atoms with Gasteiger partial charge >= 0.3 is 0 Å². The predicted octanol–water partition coefficient (Wildman–Crippen LogP) is 3.06. The van der Waals surface area contributed by atoms with Gasteiger partial charge in [0.2, 0.25) is 0 Å². The van der Waals surface area contributed by atoms with Crippen molar-refractivity contribution in [1.29, 1.82) is 0 Å². The van der Waals surface area contributed by atoms with E-state index in [9.17, 15) is 9.59 Å². The summed E-state index contributed by atoms with van der Waals surface area (Å²) in [5, 5.41) is 0. The van der Waals surface area contributed by atoms with Gasteiger partial charge in [-0.3, -0.25) is 9.59 Å². The molecule has 0 spiro atoms. The number of imide groups is 1. The summed E-state index contributed by atoms with van der Waals surface area (Å²) in [6.07, 6.45) is 4.30. The molecule has 2 aliphatic heterocycles.